The fourth-order valence-corrected chi connectivity index (χ4v) is 3.46. The van der Waals surface area contributed by atoms with Crippen molar-refractivity contribution >= 4 is 50.5 Å². The maximum Gasteiger partial charge on any atom is 0.245 e. The van der Waals surface area contributed by atoms with E-state index in [4.69, 9.17) is 23.2 Å². The van der Waals surface area contributed by atoms with Crippen LogP contribution >= 0.6 is 23.2 Å². The first-order chi connectivity index (χ1) is 12.1. The van der Waals surface area contributed by atoms with Crippen molar-refractivity contribution in [2.45, 2.75) is 19.8 Å². The van der Waals surface area contributed by atoms with E-state index < -0.39 is 15.9 Å². The molecule has 1 N–H and O–H groups in total. The lowest BCUT2D eigenvalue weighted by molar-refractivity contribution is -0.114. The van der Waals surface area contributed by atoms with Gasteiger partial charge in [0, 0.05) is 5.69 Å². The number of carbonyl (C=O) groups excluding carboxylic acids is 1. The number of nitrogens with one attached hydrogen (secondary N) is 1. The summed E-state index contributed by atoms with van der Waals surface area (Å²) in [6.45, 7) is 3.78. The van der Waals surface area contributed by atoms with Crippen molar-refractivity contribution in [1.29, 1.82) is 0 Å². The summed E-state index contributed by atoms with van der Waals surface area (Å²) >= 11 is 11.8. The first kappa shape index (κ1) is 20.6. The molecule has 0 saturated carbocycles. The minimum atomic E-state index is -3.68. The van der Waals surface area contributed by atoms with Gasteiger partial charge in [0.1, 0.15) is 6.54 Å². The minimum Gasteiger partial charge on any atom is -0.325 e. The summed E-state index contributed by atoms with van der Waals surface area (Å²) in [4.78, 5) is 12.3. The highest BCUT2D eigenvalue weighted by molar-refractivity contribution is 7.92. The molecule has 26 heavy (non-hydrogen) atoms. The average Bonchev–Trinajstić information content (AvgIpc) is 2.55. The highest BCUT2D eigenvalue weighted by atomic mass is 35.5. The first-order valence-corrected chi connectivity index (χ1v) is 10.5. The molecule has 0 bridgehead atoms. The molecule has 1 amide bonds. The van der Waals surface area contributed by atoms with Crippen LogP contribution in [-0.4, -0.2) is 27.1 Å². The second-order valence-electron chi connectivity index (χ2n) is 6.19. The molecule has 0 spiro atoms. The van der Waals surface area contributed by atoms with E-state index in [0.29, 0.717) is 16.6 Å². The van der Waals surface area contributed by atoms with Crippen molar-refractivity contribution in [3.8, 4) is 0 Å². The number of amides is 1. The van der Waals surface area contributed by atoms with Crippen molar-refractivity contribution in [2.75, 3.05) is 22.4 Å². The number of sulfonamides is 1. The van der Waals surface area contributed by atoms with E-state index in [0.717, 1.165) is 16.1 Å². The minimum absolute atomic E-state index is 0.211. The molecule has 2 rings (SSSR count). The van der Waals surface area contributed by atoms with E-state index in [-0.39, 0.29) is 17.3 Å². The lowest BCUT2D eigenvalue weighted by atomic mass is 10.0. The number of hydrogen-bond acceptors (Lipinski definition) is 3. The standard InChI is InChI=1S/C18H20Cl2N2O3S/c1-12(2)13-4-6-14(7-5-13)21-18(23)11-22(26(3,24)25)15-8-9-16(19)17(20)10-15/h4-10,12H,11H2,1-3H3,(H,21,23). The zero-order valence-corrected chi connectivity index (χ0v) is 17.0. The Morgan fingerprint density at radius 2 is 1.69 bits per heavy atom. The Labute approximate surface area is 164 Å². The van der Waals surface area contributed by atoms with E-state index >= 15 is 0 Å². The Morgan fingerprint density at radius 3 is 2.19 bits per heavy atom. The Hall–Kier alpha value is -1.76. The summed E-state index contributed by atoms with van der Waals surface area (Å²) in [5.41, 5.74) is 2.02. The van der Waals surface area contributed by atoms with Gasteiger partial charge in [-0.05, 0) is 41.8 Å². The fraction of sp³-hybridized carbons (Fsp3) is 0.278. The zero-order valence-electron chi connectivity index (χ0n) is 14.7. The van der Waals surface area contributed by atoms with E-state index in [1.807, 2.05) is 12.1 Å². The summed E-state index contributed by atoms with van der Waals surface area (Å²) < 4.78 is 25.2. The number of rotatable bonds is 6. The van der Waals surface area contributed by atoms with Gasteiger partial charge in [-0.3, -0.25) is 9.10 Å². The van der Waals surface area contributed by atoms with Crippen LogP contribution < -0.4 is 9.62 Å². The van der Waals surface area contributed by atoms with Crippen LogP contribution in [0.3, 0.4) is 0 Å². The Balaban J connectivity index is 2.17. The third kappa shape index (κ3) is 5.37. The van der Waals surface area contributed by atoms with Crippen molar-refractivity contribution in [1.82, 2.24) is 0 Å². The molecule has 0 aliphatic carbocycles. The maximum atomic E-state index is 12.3. The van der Waals surface area contributed by atoms with Gasteiger partial charge in [-0.15, -0.1) is 0 Å². The van der Waals surface area contributed by atoms with Crippen LogP contribution in [0.25, 0.3) is 0 Å². The second kappa shape index (κ2) is 8.29. The largest absolute Gasteiger partial charge is 0.325 e. The monoisotopic (exact) mass is 414 g/mol. The van der Waals surface area contributed by atoms with Crippen molar-refractivity contribution in [2.24, 2.45) is 0 Å². The number of halogens is 2. The molecule has 0 aliphatic rings. The third-order valence-electron chi connectivity index (χ3n) is 3.74. The van der Waals surface area contributed by atoms with Gasteiger partial charge >= 0.3 is 0 Å². The van der Waals surface area contributed by atoms with Crippen LogP contribution in [0.1, 0.15) is 25.3 Å². The molecule has 0 radical (unpaired) electrons. The number of benzene rings is 2. The molecule has 0 heterocycles. The van der Waals surface area contributed by atoms with Crippen LogP contribution in [0.4, 0.5) is 11.4 Å². The van der Waals surface area contributed by atoms with Gasteiger partial charge in [0.15, 0.2) is 0 Å². The Bertz CT molecular complexity index is 897. The van der Waals surface area contributed by atoms with E-state index in [1.165, 1.54) is 18.2 Å². The molecule has 0 aliphatic heterocycles. The van der Waals surface area contributed by atoms with Gasteiger partial charge in [-0.1, -0.05) is 49.2 Å². The lowest BCUT2D eigenvalue weighted by Crippen LogP contribution is -2.37. The molecule has 0 unspecified atom stereocenters. The van der Waals surface area contributed by atoms with E-state index in [1.54, 1.807) is 12.1 Å². The molecule has 2 aromatic carbocycles. The van der Waals surface area contributed by atoms with Crippen LogP contribution in [-0.2, 0) is 14.8 Å². The van der Waals surface area contributed by atoms with Crippen LogP contribution in [0.15, 0.2) is 42.5 Å². The average molecular weight is 415 g/mol. The molecular formula is C18H20Cl2N2O3S. The van der Waals surface area contributed by atoms with Crippen molar-refractivity contribution in [3.05, 3.63) is 58.1 Å². The molecule has 8 heteroatoms. The Kier molecular flexibility index (Phi) is 6.55. The summed E-state index contributed by atoms with van der Waals surface area (Å²) in [7, 11) is -3.68. The highest BCUT2D eigenvalue weighted by Crippen LogP contribution is 2.28. The fourth-order valence-electron chi connectivity index (χ4n) is 2.32. The molecule has 140 valence electrons. The van der Waals surface area contributed by atoms with Crippen LogP contribution in [0, 0.1) is 0 Å². The van der Waals surface area contributed by atoms with Crippen molar-refractivity contribution in [3.63, 3.8) is 0 Å². The van der Waals surface area contributed by atoms with Crippen LogP contribution in [0.2, 0.25) is 10.0 Å². The molecule has 0 saturated heterocycles. The second-order valence-corrected chi connectivity index (χ2v) is 8.91. The number of nitrogens with zero attached hydrogens (tertiary/aromatic N) is 1. The molecule has 2 aromatic rings. The predicted octanol–water partition coefficient (Wildman–Crippen LogP) is 4.52. The predicted molar refractivity (Wildman–Crippen MR) is 108 cm³/mol. The van der Waals surface area contributed by atoms with Gasteiger partial charge in [0.05, 0.1) is 22.0 Å². The highest BCUT2D eigenvalue weighted by Gasteiger charge is 2.21. The molecule has 0 aromatic heterocycles. The number of anilines is 2. The molecule has 5 nitrogen and oxygen atoms in total. The maximum absolute atomic E-state index is 12.3. The zero-order chi connectivity index (χ0) is 19.5. The number of carbonyl (C=O) groups is 1. The van der Waals surface area contributed by atoms with E-state index in [2.05, 4.69) is 19.2 Å². The van der Waals surface area contributed by atoms with Gasteiger partial charge in [0.25, 0.3) is 0 Å². The third-order valence-corrected chi connectivity index (χ3v) is 5.62. The lowest BCUT2D eigenvalue weighted by Gasteiger charge is -2.22. The SMILES string of the molecule is CC(C)c1ccc(NC(=O)CN(c2ccc(Cl)c(Cl)c2)S(C)(=O)=O)cc1. The van der Waals surface area contributed by atoms with Crippen LogP contribution in [0.5, 0.6) is 0 Å². The first-order valence-electron chi connectivity index (χ1n) is 7.90. The van der Waals surface area contributed by atoms with E-state index in [9.17, 15) is 13.2 Å². The smallest absolute Gasteiger partial charge is 0.245 e. The molecular weight excluding hydrogens is 395 g/mol. The van der Waals surface area contributed by atoms with Gasteiger partial charge in [-0.2, -0.15) is 0 Å². The van der Waals surface area contributed by atoms with Crippen molar-refractivity contribution < 1.29 is 13.2 Å². The summed E-state index contributed by atoms with van der Waals surface area (Å²) in [5, 5.41) is 3.22. The quantitative estimate of drug-likeness (QED) is 0.754. The Morgan fingerprint density at radius 1 is 1.08 bits per heavy atom. The van der Waals surface area contributed by atoms with Gasteiger partial charge in [-0.25, -0.2) is 8.42 Å². The topological polar surface area (TPSA) is 66.5 Å². The summed E-state index contributed by atoms with van der Waals surface area (Å²) in [6.07, 6.45) is 1.03. The molecule has 0 atom stereocenters. The normalized spacial score (nSPS) is 11.5. The van der Waals surface area contributed by atoms with Gasteiger partial charge in [0.2, 0.25) is 15.9 Å². The number of hydrogen-bond donors (Lipinski definition) is 1. The summed E-state index contributed by atoms with van der Waals surface area (Å²) in [6, 6.07) is 11.8. The van der Waals surface area contributed by atoms with Gasteiger partial charge < -0.3 is 5.32 Å². The molecule has 0 fully saturated rings. The summed E-state index contributed by atoms with van der Waals surface area (Å²) in [5.74, 6) is -0.0751.